The molecule has 98 valence electrons. The Kier molecular flexibility index (Phi) is 4.67. The third-order valence-electron chi connectivity index (χ3n) is 2.30. The zero-order valence-electron chi connectivity index (χ0n) is 10.6. The highest BCUT2D eigenvalue weighted by atomic mass is 16.5. The standard InChI is InChI=1S/C12H16N2O4/c1-14(2)8-4-5-10(9(6-8)12(16)17)13-11(15)7-18-3/h4-6H,7H2,1-3H3,(H,13,15)(H,16,17). The van der Waals surface area contributed by atoms with Gasteiger partial charge in [-0.25, -0.2) is 4.79 Å². The molecule has 1 aromatic rings. The topological polar surface area (TPSA) is 78.9 Å². The largest absolute Gasteiger partial charge is 0.478 e. The minimum Gasteiger partial charge on any atom is -0.478 e. The van der Waals surface area contributed by atoms with E-state index in [0.717, 1.165) is 5.69 Å². The van der Waals surface area contributed by atoms with Crippen LogP contribution >= 0.6 is 0 Å². The van der Waals surface area contributed by atoms with Crippen molar-refractivity contribution in [3.63, 3.8) is 0 Å². The fraction of sp³-hybridized carbons (Fsp3) is 0.333. The number of carbonyl (C=O) groups excluding carboxylic acids is 1. The van der Waals surface area contributed by atoms with E-state index in [1.54, 1.807) is 17.0 Å². The van der Waals surface area contributed by atoms with E-state index in [9.17, 15) is 9.59 Å². The van der Waals surface area contributed by atoms with Gasteiger partial charge in [-0.15, -0.1) is 0 Å². The second-order valence-electron chi connectivity index (χ2n) is 3.91. The van der Waals surface area contributed by atoms with Crippen molar-refractivity contribution in [3.05, 3.63) is 23.8 Å². The second kappa shape index (κ2) is 6.02. The van der Waals surface area contributed by atoms with Gasteiger partial charge in [-0.1, -0.05) is 0 Å². The van der Waals surface area contributed by atoms with Gasteiger partial charge in [-0.3, -0.25) is 4.79 Å². The third-order valence-corrected chi connectivity index (χ3v) is 2.30. The van der Waals surface area contributed by atoms with Gasteiger partial charge in [0.1, 0.15) is 6.61 Å². The molecule has 0 spiro atoms. The van der Waals surface area contributed by atoms with Crippen LogP contribution in [-0.2, 0) is 9.53 Å². The molecule has 2 N–H and O–H groups in total. The molecule has 18 heavy (non-hydrogen) atoms. The lowest BCUT2D eigenvalue weighted by Crippen LogP contribution is -2.19. The maximum absolute atomic E-state index is 11.4. The summed E-state index contributed by atoms with van der Waals surface area (Å²) in [6.45, 7) is -0.117. The van der Waals surface area contributed by atoms with Crippen LogP contribution in [0.25, 0.3) is 0 Å². The van der Waals surface area contributed by atoms with Crippen molar-refractivity contribution in [2.45, 2.75) is 0 Å². The number of nitrogens with zero attached hydrogens (tertiary/aromatic N) is 1. The van der Waals surface area contributed by atoms with E-state index in [1.807, 2.05) is 14.1 Å². The van der Waals surface area contributed by atoms with Crippen molar-refractivity contribution in [2.24, 2.45) is 0 Å². The Labute approximate surface area is 105 Å². The Morgan fingerprint density at radius 2 is 2.06 bits per heavy atom. The van der Waals surface area contributed by atoms with Gasteiger partial charge in [0, 0.05) is 26.9 Å². The highest BCUT2D eigenvalue weighted by Gasteiger charge is 2.13. The lowest BCUT2D eigenvalue weighted by Gasteiger charge is -2.15. The van der Waals surface area contributed by atoms with Crippen molar-refractivity contribution >= 4 is 23.3 Å². The molecule has 6 heteroatoms. The number of carboxylic acid groups (broad SMARTS) is 1. The average Bonchev–Trinajstić information content (AvgIpc) is 2.29. The zero-order valence-corrected chi connectivity index (χ0v) is 10.6. The number of benzene rings is 1. The highest BCUT2D eigenvalue weighted by molar-refractivity contribution is 6.01. The van der Waals surface area contributed by atoms with Crippen LogP contribution in [0.15, 0.2) is 18.2 Å². The Hall–Kier alpha value is -2.08. The van der Waals surface area contributed by atoms with Gasteiger partial charge in [-0.2, -0.15) is 0 Å². The molecule has 0 aliphatic heterocycles. The van der Waals surface area contributed by atoms with Crippen molar-refractivity contribution in [3.8, 4) is 0 Å². The van der Waals surface area contributed by atoms with Crippen LogP contribution in [0, 0.1) is 0 Å². The van der Waals surface area contributed by atoms with Crippen molar-refractivity contribution in [1.29, 1.82) is 0 Å². The molecule has 0 radical (unpaired) electrons. The fourth-order valence-corrected chi connectivity index (χ4v) is 1.41. The summed E-state index contributed by atoms with van der Waals surface area (Å²) in [7, 11) is 5.01. The molecule has 1 rings (SSSR count). The monoisotopic (exact) mass is 252 g/mol. The SMILES string of the molecule is COCC(=O)Nc1ccc(N(C)C)cc1C(=O)O. The Morgan fingerprint density at radius 3 is 2.56 bits per heavy atom. The van der Waals surface area contributed by atoms with Crippen LogP contribution in [0.4, 0.5) is 11.4 Å². The Bertz CT molecular complexity index is 457. The molecule has 0 saturated carbocycles. The number of hydrogen-bond donors (Lipinski definition) is 2. The maximum atomic E-state index is 11.4. The van der Waals surface area contributed by atoms with Crippen LogP contribution in [0.3, 0.4) is 0 Å². The molecule has 6 nitrogen and oxygen atoms in total. The molecule has 0 atom stereocenters. The summed E-state index contributed by atoms with van der Waals surface area (Å²) in [6.07, 6.45) is 0. The molecule has 0 aliphatic carbocycles. The number of anilines is 2. The van der Waals surface area contributed by atoms with E-state index < -0.39 is 11.9 Å². The normalized spacial score (nSPS) is 9.94. The maximum Gasteiger partial charge on any atom is 0.337 e. The molecule has 0 aromatic heterocycles. The first-order chi connectivity index (χ1) is 8.45. The van der Waals surface area contributed by atoms with E-state index in [1.165, 1.54) is 13.2 Å². The zero-order chi connectivity index (χ0) is 13.7. The molecule has 0 saturated heterocycles. The number of ether oxygens (including phenoxy) is 1. The Balaban J connectivity index is 3.04. The smallest absolute Gasteiger partial charge is 0.337 e. The highest BCUT2D eigenvalue weighted by Crippen LogP contribution is 2.22. The number of amides is 1. The van der Waals surface area contributed by atoms with Gasteiger partial charge in [-0.05, 0) is 18.2 Å². The predicted molar refractivity (Wildman–Crippen MR) is 68.2 cm³/mol. The van der Waals surface area contributed by atoms with Gasteiger partial charge in [0.15, 0.2) is 0 Å². The molecule has 1 amide bonds. The minimum absolute atomic E-state index is 0.0469. The average molecular weight is 252 g/mol. The summed E-state index contributed by atoms with van der Waals surface area (Å²) in [5.41, 5.74) is 1.05. The van der Waals surface area contributed by atoms with Crippen LogP contribution in [-0.4, -0.2) is 44.8 Å². The molecule has 0 bridgehead atoms. The minimum atomic E-state index is -1.09. The third kappa shape index (κ3) is 3.46. The molecule has 0 aliphatic rings. The van der Waals surface area contributed by atoms with E-state index in [2.05, 4.69) is 10.1 Å². The summed E-state index contributed by atoms with van der Waals surface area (Å²) in [5, 5.41) is 11.6. The predicted octanol–water partition coefficient (Wildman–Crippen LogP) is 1.04. The van der Waals surface area contributed by atoms with Crippen LogP contribution in [0.2, 0.25) is 0 Å². The van der Waals surface area contributed by atoms with E-state index in [-0.39, 0.29) is 17.9 Å². The number of nitrogens with one attached hydrogen (secondary N) is 1. The molecule has 1 aromatic carbocycles. The summed E-state index contributed by atoms with van der Waals surface area (Å²) in [6, 6.07) is 4.80. The summed E-state index contributed by atoms with van der Waals surface area (Å²) in [4.78, 5) is 24.3. The fourth-order valence-electron chi connectivity index (χ4n) is 1.41. The molecule has 0 fully saturated rings. The van der Waals surface area contributed by atoms with Crippen molar-refractivity contribution < 1.29 is 19.4 Å². The van der Waals surface area contributed by atoms with Crippen molar-refractivity contribution in [1.82, 2.24) is 0 Å². The number of methoxy groups -OCH3 is 1. The molecular formula is C12H16N2O4. The van der Waals surface area contributed by atoms with Gasteiger partial charge in [0.25, 0.3) is 0 Å². The lowest BCUT2D eigenvalue weighted by molar-refractivity contribution is -0.119. The molecule has 0 unspecified atom stereocenters. The molecule has 0 heterocycles. The first-order valence-corrected chi connectivity index (χ1v) is 5.29. The second-order valence-corrected chi connectivity index (χ2v) is 3.91. The number of aromatic carboxylic acids is 1. The summed E-state index contributed by atoms with van der Waals surface area (Å²) >= 11 is 0. The summed E-state index contributed by atoms with van der Waals surface area (Å²) in [5.74, 6) is -1.48. The number of carbonyl (C=O) groups is 2. The summed E-state index contributed by atoms with van der Waals surface area (Å²) < 4.78 is 4.67. The van der Waals surface area contributed by atoms with Gasteiger partial charge in [0.2, 0.25) is 5.91 Å². The quantitative estimate of drug-likeness (QED) is 0.818. The van der Waals surface area contributed by atoms with E-state index in [4.69, 9.17) is 5.11 Å². The van der Waals surface area contributed by atoms with E-state index in [0.29, 0.717) is 0 Å². The lowest BCUT2D eigenvalue weighted by atomic mass is 10.1. The number of rotatable bonds is 5. The van der Waals surface area contributed by atoms with Crippen LogP contribution in [0.1, 0.15) is 10.4 Å². The van der Waals surface area contributed by atoms with Crippen LogP contribution < -0.4 is 10.2 Å². The molecular weight excluding hydrogens is 236 g/mol. The number of hydrogen-bond acceptors (Lipinski definition) is 4. The first-order valence-electron chi connectivity index (χ1n) is 5.29. The van der Waals surface area contributed by atoms with Gasteiger partial charge in [0.05, 0.1) is 11.3 Å². The van der Waals surface area contributed by atoms with E-state index >= 15 is 0 Å². The van der Waals surface area contributed by atoms with Gasteiger partial charge >= 0.3 is 5.97 Å². The number of carboxylic acids is 1. The van der Waals surface area contributed by atoms with Gasteiger partial charge < -0.3 is 20.1 Å². The van der Waals surface area contributed by atoms with Crippen LogP contribution in [0.5, 0.6) is 0 Å². The first kappa shape index (κ1) is 14.0. The Morgan fingerprint density at radius 1 is 1.39 bits per heavy atom. The van der Waals surface area contributed by atoms with Crippen molar-refractivity contribution in [2.75, 3.05) is 38.0 Å².